The van der Waals surface area contributed by atoms with Gasteiger partial charge in [0, 0.05) is 29.5 Å². The van der Waals surface area contributed by atoms with Crippen LogP contribution in [0.5, 0.6) is 0 Å². The molecule has 0 atom stereocenters. The number of furan rings is 1. The Morgan fingerprint density at radius 2 is 1.90 bits per heavy atom. The average molecular weight is 387 g/mol. The number of hydrogen-bond acceptors (Lipinski definition) is 5. The average Bonchev–Trinajstić information content (AvgIpc) is 3.16. The lowest BCUT2D eigenvalue weighted by Crippen LogP contribution is -2.14. The predicted molar refractivity (Wildman–Crippen MR) is 109 cm³/mol. The molecular weight excluding hydrogens is 370 g/mol. The smallest absolute Gasteiger partial charge is 0.270 e. The van der Waals surface area contributed by atoms with Crippen molar-refractivity contribution < 1.29 is 14.1 Å². The number of carbonyl (C=O) groups is 1. The number of amides is 1. The summed E-state index contributed by atoms with van der Waals surface area (Å²) >= 11 is 0. The first-order valence-electron chi connectivity index (χ1n) is 8.73. The first-order chi connectivity index (χ1) is 13.9. The Hall–Kier alpha value is -4.18. The monoisotopic (exact) mass is 387 g/mol. The van der Waals surface area contributed by atoms with Crippen LogP contribution in [0, 0.1) is 35.3 Å². The largest absolute Gasteiger partial charge is 0.457 e. The molecule has 7 nitrogen and oxygen atoms in total. The molecule has 0 aliphatic heterocycles. The van der Waals surface area contributed by atoms with Crippen LogP contribution in [-0.4, -0.2) is 10.8 Å². The van der Waals surface area contributed by atoms with Crippen molar-refractivity contribution >= 4 is 23.4 Å². The minimum absolute atomic E-state index is 0.0468. The maximum atomic E-state index is 12.4. The number of nitro benzene ring substituents is 1. The third-order valence-electron chi connectivity index (χ3n) is 4.37. The highest BCUT2D eigenvalue weighted by Gasteiger charge is 2.15. The molecule has 1 heterocycles. The Bertz CT molecular complexity index is 1170. The molecule has 0 saturated carbocycles. The molecule has 0 fully saturated rings. The molecule has 2 aromatic carbocycles. The number of nitrogens with zero attached hydrogens (tertiary/aromatic N) is 2. The highest BCUT2D eigenvalue weighted by atomic mass is 16.6. The lowest BCUT2D eigenvalue weighted by molar-refractivity contribution is -0.384. The number of nitrogens with one attached hydrogen (secondary N) is 1. The first-order valence-corrected chi connectivity index (χ1v) is 8.73. The molecule has 0 unspecified atom stereocenters. The molecule has 144 valence electrons. The van der Waals surface area contributed by atoms with Crippen LogP contribution in [0.1, 0.15) is 16.9 Å². The number of benzene rings is 2. The van der Waals surface area contributed by atoms with E-state index < -0.39 is 10.8 Å². The molecule has 0 saturated heterocycles. The number of nitro groups is 1. The van der Waals surface area contributed by atoms with Gasteiger partial charge >= 0.3 is 0 Å². The fourth-order valence-corrected chi connectivity index (χ4v) is 2.76. The van der Waals surface area contributed by atoms with E-state index in [9.17, 15) is 20.2 Å². The van der Waals surface area contributed by atoms with Crippen LogP contribution >= 0.6 is 0 Å². The molecule has 3 aromatic rings. The van der Waals surface area contributed by atoms with Gasteiger partial charge in [-0.2, -0.15) is 5.26 Å². The zero-order chi connectivity index (χ0) is 21.0. The van der Waals surface area contributed by atoms with Crippen LogP contribution < -0.4 is 5.32 Å². The summed E-state index contributed by atoms with van der Waals surface area (Å²) in [6.07, 6.45) is 1.34. The van der Waals surface area contributed by atoms with Gasteiger partial charge in [0.25, 0.3) is 11.6 Å². The quantitative estimate of drug-likeness (QED) is 0.286. The van der Waals surface area contributed by atoms with E-state index in [0.29, 0.717) is 22.8 Å². The summed E-state index contributed by atoms with van der Waals surface area (Å²) in [5.41, 5.74) is 2.70. The van der Waals surface area contributed by atoms with E-state index in [-0.39, 0.29) is 11.3 Å². The van der Waals surface area contributed by atoms with Gasteiger partial charge in [0.1, 0.15) is 23.2 Å². The van der Waals surface area contributed by atoms with E-state index in [1.807, 2.05) is 32.0 Å². The zero-order valence-corrected chi connectivity index (χ0v) is 15.8. The van der Waals surface area contributed by atoms with Crippen LogP contribution in [-0.2, 0) is 4.79 Å². The van der Waals surface area contributed by atoms with Crippen LogP contribution in [0.2, 0.25) is 0 Å². The summed E-state index contributed by atoms with van der Waals surface area (Å²) in [7, 11) is 0. The van der Waals surface area contributed by atoms with Gasteiger partial charge < -0.3 is 9.73 Å². The second kappa shape index (κ2) is 8.23. The zero-order valence-electron chi connectivity index (χ0n) is 15.8. The first kappa shape index (κ1) is 19.6. The Morgan fingerprint density at radius 1 is 1.14 bits per heavy atom. The molecule has 0 radical (unpaired) electrons. The number of para-hydroxylation sites is 1. The van der Waals surface area contributed by atoms with Crippen molar-refractivity contribution in [3.05, 3.63) is 87.2 Å². The molecule has 0 aliphatic carbocycles. The van der Waals surface area contributed by atoms with Gasteiger partial charge in [0.05, 0.1) is 4.92 Å². The number of anilines is 1. The van der Waals surface area contributed by atoms with E-state index in [1.165, 1.54) is 18.2 Å². The SMILES string of the molecule is Cc1ccccc1NC(=O)/C(C#N)=C\c1ccc(-c2cc([N+](=O)[O-])ccc2C)o1. The molecule has 0 spiro atoms. The number of rotatable bonds is 5. The fourth-order valence-electron chi connectivity index (χ4n) is 2.76. The predicted octanol–water partition coefficient (Wildman–Crippen LogP) is 5.02. The van der Waals surface area contributed by atoms with Crippen molar-refractivity contribution in [2.45, 2.75) is 13.8 Å². The summed E-state index contributed by atoms with van der Waals surface area (Å²) in [6.45, 7) is 3.67. The molecule has 0 aliphatic rings. The van der Waals surface area contributed by atoms with Gasteiger partial charge in [0.15, 0.2) is 0 Å². The minimum atomic E-state index is -0.550. The summed E-state index contributed by atoms with van der Waals surface area (Å²) in [5, 5.41) is 23.1. The van der Waals surface area contributed by atoms with Gasteiger partial charge in [-0.15, -0.1) is 0 Å². The lowest BCUT2D eigenvalue weighted by Gasteiger charge is -2.06. The number of carbonyl (C=O) groups excluding carboxylic acids is 1. The lowest BCUT2D eigenvalue weighted by atomic mass is 10.1. The van der Waals surface area contributed by atoms with Crippen molar-refractivity contribution in [1.82, 2.24) is 0 Å². The van der Waals surface area contributed by atoms with Crippen LogP contribution in [0.15, 0.2) is 64.6 Å². The highest BCUT2D eigenvalue weighted by Crippen LogP contribution is 2.29. The Kier molecular flexibility index (Phi) is 5.56. The summed E-state index contributed by atoms with van der Waals surface area (Å²) < 4.78 is 5.71. The van der Waals surface area contributed by atoms with Crippen molar-refractivity contribution in [2.24, 2.45) is 0 Å². The van der Waals surface area contributed by atoms with Gasteiger partial charge in [-0.3, -0.25) is 14.9 Å². The third-order valence-corrected chi connectivity index (χ3v) is 4.37. The van der Waals surface area contributed by atoms with E-state index in [1.54, 1.807) is 30.3 Å². The molecule has 1 amide bonds. The third kappa shape index (κ3) is 4.39. The minimum Gasteiger partial charge on any atom is -0.457 e. The van der Waals surface area contributed by atoms with Crippen molar-refractivity contribution in [2.75, 3.05) is 5.32 Å². The molecule has 1 N–H and O–H groups in total. The molecule has 7 heteroatoms. The van der Waals surface area contributed by atoms with Crippen LogP contribution in [0.4, 0.5) is 11.4 Å². The van der Waals surface area contributed by atoms with Gasteiger partial charge in [-0.1, -0.05) is 24.3 Å². The van der Waals surface area contributed by atoms with Gasteiger partial charge in [-0.05, 0) is 43.2 Å². The van der Waals surface area contributed by atoms with Gasteiger partial charge in [-0.25, -0.2) is 0 Å². The van der Waals surface area contributed by atoms with Crippen LogP contribution in [0.25, 0.3) is 17.4 Å². The maximum Gasteiger partial charge on any atom is 0.270 e. The second-order valence-electron chi connectivity index (χ2n) is 6.40. The molecule has 29 heavy (non-hydrogen) atoms. The highest BCUT2D eigenvalue weighted by molar-refractivity contribution is 6.09. The van der Waals surface area contributed by atoms with Crippen molar-refractivity contribution in [1.29, 1.82) is 5.26 Å². The van der Waals surface area contributed by atoms with E-state index >= 15 is 0 Å². The Labute approximate surface area is 167 Å². The van der Waals surface area contributed by atoms with Crippen LogP contribution in [0.3, 0.4) is 0 Å². The van der Waals surface area contributed by atoms with E-state index in [2.05, 4.69) is 5.32 Å². The standard InChI is InChI=1S/C22H17N3O4/c1-14-7-8-17(25(27)28)12-19(14)21-10-9-18(29-21)11-16(13-23)22(26)24-20-6-4-3-5-15(20)2/h3-12H,1-2H3,(H,24,26)/b16-11-. The Morgan fingerprint density at radius 3 is 2.59 bits per heavy atom. The van der Waals surface area contributed by atoms with Crippen molar-refractivity contribution in [3.63, 3.8) is 0 Å². The van der Waals surface area contributed by atoms with Crippen molar-refractivity contribution in [3.8, 4) is 17.4 Å². The number of hydrogen-bond donors (Lipinski definition) is 1. The van der Waals surface area contributed by atoms with E-state index in [4.69, 9.17) is 4.42 Å². The molecule has 1 aromatic heterocycles. The molecule has 0 bridgehead atoms. The normalized spacial score (nSPS) is 11.0. The Balaban J connectivity index is 1.87. The fraction of sp³-hybridized carbons (Fsp3) is 0.0909. The molecule has 3 rings (SSSR count). The topological polar surface area (TPSA) is 109 Å². The van der Waals surface area contributed by atoms with E-state index in [0.717, 1.165) is 11.1 Å². The number of aryl methyl sites for hydroxylation is 2. The number of nitriles is 1. The number of non-ortho nitro benzene ring substituents is 1. The summed E-state index contributed by atoms with van der Waals surface area (Å²) in [5.74, 6) is 0.155. The summed E-state index contributed by atoms with van der Waals surface area (Å²) in [4.78, 5) is 23.0. The van der Waals surface area contributed by atoms with Gasteiger partial charge in [0.2, 0.25) is 0 Å². The molecular formula is C22H17N3O4. The summed E-state index contributed by atoms with van der Waals surface area (Å²) in [6, 6.07) is 16.9. The maximum absolute atomic E-state index is 12.4. The second-order valence-corrected chi connectivity index (χ2v) is 6.40.